The van der Waals surface area contributed by atoms with Crippen molar-refractivity contribution in [1.29, 1.82) is 0 Å². The maximum atomic E-state index is 12.2. The van der Waals surface area contributed by atoms with Gasteiger partial charge >= 0.3 is 18.0 Å². The first kappa shape index (κ1) is 41.2. The van der Waals surface area contributed by atoms with Gasteiger partial charge in [0, 0.05) is 19.4 Å². The highest BCUT2D eigenvalue weighted by Gasteiger charge is 2.17. The lowest BCUT2D eigenvalue weighted by atomic mass is 9.94. The molecule has 0 spiro atoms. The van der Waals surface area contributed by atoms with Crippen LogP contribution in [0.1, 0.15) is 194 Å². The Morgan fingerprint density at radius 3 is 1.07 bits per heavy atom. The molecule has 0 rings (SSSR count). The van der Waals surface area contributed by atoms with Crippen LogP contribution >= 0.6 is 0 Å². The van der Waals surface area contributed by atoms with Crippen LogP contribution in [0.15, 0.2) is 0 Å². The van der Waals surface area contributed by atoms with Crippen LogP contribution in [-0.2, 0) is 14.3 Å². The lowest BCUT2D eigenvalue weighted by Crippen LogP contribution is -2.35. The summed E-state index contributed by atoms with van der Waals surface area (Å²) in [7, 11) is 0. The third kappa shape index (κ3) is 34.6. The quantitative estimate of drug-likeness (QED) is 0.0672. The summed E-state index contributed by atoms with van der Waals surface area (Å²) < 4.78 is 5.45. The Kier molecular flexibility index (Phi) is 27.7. The molecule has 0 aromatic heterocycles. The first-order valence-electron chi connectivity index (χ1n) is 18.0. The molecule has 0 aliphatic heterocycles. The summed E-state index contributed by atoms with van der Waals surface area (Å²) in [5, 5.41) is 20.4. The molecule has 7 heteroatoms. The summed E-state index contributed by atoms with van der Waals surface area (Å²) >= 11 is 0. The van der Waals surface area contributed by atoms with Crippen LogP contribution in [0.2, 0.25) is 0 Å². The number of hydrogen-bond donors (Lipinski definition) is 3. The van der Waals surface area contributed by atoms with Gasteiger partial charge in [0.15, 0.2) is 0 Å². The molecule has 0 aromatic carbocycles. The predicted octanol–water partition coefficient (Wildman–Crippen LogP) is 10.8. The molecule has 1 amide bonds. The van der Waals surface area contributed by atoms with Gasteiger partial charge in [0.2, 0.25) is 0 Å². The van der Waals surface area contributed by atoms with E-state index in [2.05, 4.69) is 5.32 Å². The number of amides is 1. The largest absolute Gasteiger partial charge is 0.481 e. The van der Waals surface area contributed by atoms with E-state index < -0.39 is 17.5 Å². The van der Waals surface area contributed by atoms with Crippen LogP contribution in [0.3, 0.4) is 0 Å². The van der Waals surface area contributed by atoms with Gasteiger partial charge in [0.05, 0.1) is 0 Å². The molecule has 1 unspecified atom stereocenters. The summed E-state index contributed by atoms with van der Waals surface area (Å²) in [4.78, 5) is 33.3. The van der Waals surface area contributed by atoms with Crippen LogP contribution in [-0.4, -0.2) is 40.4 Å². The first-order chi connectivity index (χ1) is 20.6. The highest BCUT2D eigenvalue weighted by Crippen LogP contribution is 2.20. The molecule has 0 aliphatic rings. The molecular weight excluding hydrogens is 542 g/mol. The molecule has 0 aliphatic carbocycles. The average Bonchev–Trinajstić information content (AvgIpc) is 2.92. The van der Waals surface area contributed by atoms with Gasteiger partial charge in [-0.1, -0.05) is 135 Å². The topological polar surface area (TPSA) is 113 Å². The second kappa shape index (κ2) is 29.0. The van der Waals surface area contributed by atoms with Crippen LogP contribution in [0.25, 0.3) is 0 Å². The van der Waals surface area contributed by atoms with E-state index in [0.29, 0.717) is 25.3 Å². The number of rotatable bonds is 31. The van der Waals surface area contributed by atoms with Gasteiger partial charge in [-0.25, -0.2) is 4.79 Å². The molecule has 0 bridgehead atoms. The molecule has 254 valence electrons. The molecule has 0 saturated heterocycles. The minimum Gasteiger partial charge on any atom is -0.481 e. The maximum Gasteiger partial charge on any atom is 0.407 e. The Hall–Kier alpha value is -1.79. The molecule has 1 atom stereocenters. The minimum absolute atomic E-state index is 0.306. The van der Waals surface area contributed by atoms with E-state index in [9.17, 15) is 14.4 Å². The summed E-state index contributed by atoms with van der Waals surface area (Å²) in [6.07, 6.45) is 30.4. The molecule has 0 heterocycles. The fourth-order valence-electron chi connectivity index (χ4n) is 5.67. The normalized spacial score (nSPS) is 12.3. The summed E-state index contributed by atoms with van der Waals surface area (Å²) in [5.74, 6) is -0.842. The van der Waals surface area contributed by atoms with Crippen molar-refractivity contribution >= 4 is 18.0 Å². The fraction of sp³-hybridized carbons (Fsp3) is 0.917. The van der Waals surface area contributed by atoms with Gasteiger partial charge < -0.3 is 20.3 Å². The van der Waals surface area contributed by atoms with Crippen molar-refractivity contribution in [2.24, 2.45) is 5.92 Å². The van der Waals surface area contributed by atoms with Gasteiger partial charge in [0.25, 0.3) is 0 Å². The Labute approximate surface area is 264 Å². The summed E-state index contributed by atoms with van der Waals surface area (Å²) in [5.41, 5.74) is -0.470. The molecule has 0 aromatic rings. The van der Waals surface area contributed by atoms with E-state index >= 15 is 0 Å². The van der Waals surface area contributed by atoms with Crippen molar-refractivity contribution in [3.63, 3.8) is 0 Å². The SMILES string of the molecule is CC(C)(C)OC(=O)NCC(CCCCCCCCCCCCCCC(=O)O)CCCCCCCCCCCCCC(=O)O. The van der Waals surface area contributed by atoms with Crippen molar-refractivity contribution in [2.45, 2.75) is 200 Å². The van der Waals surface area contributed by atoms with Crippen molar-refractivity contribution in [3.8, 4) is 0 Å². The zero-order valence-electron chi connectivity index (χ0n) is 28.4. The van der Waals surface area contributed by atoms with Crippen molar-refractivity contribution in [2.75, 3.05) is 6.54 Å². The molecule has 0 fully saturated rings. The number of carboxylic acids is 2. The Balaban J connectivity index is 3.93. The summed E-state index contributed by atoms with van der Waals surface area (Å²) in [6, 6.07) is 0. The Bertz CT molecular complexity index is 675. The third-order valence-electron chi connectivity index (χ3n) is 8.19. The number of carboxylic acid groups (broad SMARTS) is 2. The van der Waals surface area contributed by atoms with Gasteiger partial charge in [-0.15, -0.1) is 0 Å². The van der Waals surface area contributed by atoms with E-state index in [0.717, 1.165) is 38.5 Å². The molecule has 0 radical (unpaired) electrons. The zero-order valence-corrected chi connectivity index (χ0v) is 28.4. The molecule has 3 N–H and O–H groups in total. The van der Waals surface area contributed by atoms with E-state index in [1.54, 1.807) is 0 Å². The Morgan fingerprint density at radius 2 is 0.791 bits per heavy atom. The lowest BCUT2D eigenvalue weighted by Gasteiger charge is -2.22. The van der Waals surface area contributed by atoms with E-state index in [4.69, 9.17) is 14.9 Å². The molecule has 7 nitrogen and oxygen atoms in total. The second-order valence-electron chi connectivity index (χ2n) is 13.7. The number of hydrogen-bond acceptors (Lipinski definition) is 4. The van der Waals surface area contributed by atoms with Crippen LogP contribution in [0, 0.1) is 5.92 Å². The number of aliphatic carboxylic acids is 2. The predicted molar refractivity (Wildman–Crippen MR) is 178 cm³/mol. The Morgan fingerprint density at radius 1 is 0.512 bits per heavy atom. The van der Waals surface area contributed by atoms with Gasteiger partial charge in [0.1, 0.15) is 5.60 Å². The number of ether oxygens (including phenoxy) is 1. The van der Waals surface area contributed by atoms with Crippen molar-refractivity contribution < 1.29 is 29.3 Å². The van der Waals surface area contributed by atoms with Crippen molar-refractivity contribution in [3.05, 3.63) is 0 Å². The maximum absolute atomic E-state index is 12.2. The van der Waals surface area contributed by atoms with Gasteiger partial charge in [-0.05, 0) is 52.4 Å². The van der Waals surface area contributed by atoms with E-state index in [-0.39, 0.29) is 6.09 Å². The highest BCUT2D eigenvalue weighted by atomic mass is 16.6. The van der Waals surface area contributed by atoms with Crippen LogP contribution in [0.5, 0.6) is 0 Å². The van der Waals surface area contributed by atoms with Gasteiger partial charge in [-0.3, -0.25) is 9.59 Å². The smallest absolute Gasteiger partial charge is 0.407 e. The highest BCUT2D eigenvalue weighted by molar-refractivity contribution is 5.67. The number of nitrogens with one attached hydrogen (secondary N) is 1. The average molecular weight is 612 g/mol. The number of unbranched alkanes of at least 4 members (excludes halogenated alkanes) is 21. The van der Waals surface area contributed by atoms with E-state index in [1.807, 2.05) is 20.8 Å². The minimum atomic E-state index is -0.681. The van der Waals surface area contributed by atoms with Crippen LogP contribution in [0.4, 0.5) is 4.79 Å². The third-order valence-corrected chi connectivity index (χ3v) is 8.19. The standard InChI is InChI=1S/C36H69NO6/c1-36(2,3)43-35(42)37-31-32(28-24-20-16-12-8-6-10-14-18-22-26-30-34(40)41)27-23-19-15-11-7-4-5-9-13-17-21-25-29-33(38)39/h32H,4-31H2,1-3H3,(H,37,42)(H,38,39)(H,40,41). The monoisotopic (exact) mass is 612 g/mol. The van der Waals surface area contributed by atoms with E-state index in [1.165, 1.54) is 122 Å². The second-order valence-corrected chi connectivity index (χ2v) is 13.7. The molecule has 43 heavy (non-hydrogen) atoms. The van der Waals surface area contributed by atoms with Gasteiger partial charge in [-0.2, -0.15) is 0 Å². The molecule has 0 saturated carbocycles. The lowest BCUT2D eigenvalue weighted by molar-refractivity contribution is -0.138. The summed E-state index contributed by atoms with van der Waals surface area (Å²) in [6.45, 7) is 6.41. The van der Waals surface area contributed by atoms with Crippen molar-refractivity contribution in [1.82, 2.24) is 5.32 Å². The first-order valence-corrected chi connectivity index (χ1v) is 18.0. The number of alkyl carbamates (subject to hydrolysis) is 1. The number of carbonyl (C=O) groups is 3. The zero-order chi connectivity index (χ0) is 32.0. The van der Waals surface area contributed by atoms with Crippen LogP contribution < -0.4 is 5.32 Å². The molecular formula is C36H69NO6. The number of carbonyl (C=O) groups excluding carboxylic acids is 1. The fourth-order valence-corrected chi connectivity index (χ4v) is 5.67.